The van der Waals surface area contributed by atoms with Crippen molar-refractivity contribution in [1.82, 2.24) is 4.98 Å². The number of hydrogen-bond acceptors (Lipinski definition) is 5. The highest BCUT2D eigenvalue weighted by Gasteiger charge is 1.87. The van der Waals surface area contributed by atoms with Crippen LogP contribution in [0.4, 0.5) is 5.82 Å². The monoisotopic (exact) mass is 239 g/mol. The highest BCUT2D eigenvalue weighted by atomic mass is 35.5. The minimum absolute atomic E-state index is 0.606. The van der Waals surface area contributed by atoms with Crippen LogP contribution in [0, 0.1) is 0 Å². The van der Waals surface area contributed by atoms with Crippen LogP contribution in [-0.4, -0.2) is 24.2 Å². The lowest BCUT2D eigenvalue weighted by molar-refractivity contribution is 0.490. The molecule has 0 amide bonds. The quantitative estimate of drug-likeness (QED) is 0.375. The summed E-state index contributed by atoms with van der Waals surface area (Å²) in [5, 5.41) is 0.606. The summed E-state index contributed by atoms with van der Waals surface area (Å²) < 4.78 is 25.9. The van der Waals surface area contributed by atoms with Crippen molar-refractivity contribution in [3.05, 3.63) is 23.4 Å². The summed E-state index contributed by atoms with van der Waals surface area (Å²) in [5.74, 6) is 5.65. The van der Waals surface area contributed by atoms with Crippen molar-refractivity contribution < 1.29 is 13.0 Å². The minimum Gasteiger partial charge on any atom is -0.308 e. The van der Waals surface area contributed by atoms with Gasteiger partial charge in [-0.05, 0) is 12.1 Å². The van der Waals surface area contributed by atoms with Gasteiger partial charge in [0, 0.05) is 6.20 Å². The van der Waals surface area contributed by atoms with E-state index in [1.54, 1.807) is 12.1 Å². The molecule has 80 valence electrons. The molecule has 0 radical (unpaired) electrons. The Bertz CT molecular complexity index is 356. The maximum absolute atomic E-state index is 9.19. The Morgan fingerprint density at radius 3 is 2.36 bits per heavy atom. The van der Waals surface area contributed by atoms with Gasteiger partial charge >= 0.3 is 0 Å². The summed E-state index contributed by atoms with van der Waals surface area (Å²) in [7, 11) is -3.67. The third-order valence-corrected chi connectivity index (χ3v) is 1.10. The average molecular weight is 240 g/mol. The molecule has 0 bridgehead atoms. The van der Waals surface area contributed by atoms with E-state index < -0.39 is 10.1 Å². The zero-order valence-corrected chi connectivity index (χ0v) is 8.88. The van der Waals surface area contributed by atoms with Crippen LogP contribution < -0.4 is 11.3 Å². The lowest BCUT2D eigenvalue weighted by Gasteiger charge is -1.95. The zero-order chi connectivity index (χ0) is 11.2. The Hall–Kier alpha value is -0.890. The molecule has 0 atom stereocenters. The summed E-state index contributed by atoms with van der Waals surface area (Å²) in [5.41, 5.74) is 2.38. The van der Waals surface area contributed by atoms with E-state index in [1.807, 2.05) is 0 Å². The highest BCUT2D eigenvalue weighted by molar-refractivity contribution is 7.85. The number of nitrogens with one attached hydrogen (secondary N) is 1. The van der Waals surface area contributed by atoms with Crippen LogP contribution in [0.1, 0.15) is 0 Å². The first-order valence-corrected chi connectivity index (χ1v) is 5.56. The lowest BCUT2D eigenvalue weighted by Crippen LogP contribution is -2.07. The molecule has 8 heteroatoms. The Labute approximate surface area is 86.8 Å². The second-order valence-corrected chi connectivity index (χ2v) is 4.14. The Balaban J connectivity index is 0.000000292. The third kappa shape index (κ3) is 9.20. The van der Waals surface area contributed by atoms with Crippen molar-refractivity contribution in [2.45, 2.75) is 0 Å². The van der Waals surface area contributed by atoms with Crippen LogP contribution in [0.3, 0.4) is 0 Å². The molecule has 0 saturated heterocycles. The van der Waals surface area contributed by atoms with E-state index in [0.717, 1.165) is 0 Å². The minimum atomic E-state index is -3.67. The van der Waals surface area contributed by atoms with E-state index in [1.165, 1.54) is 6.20 Å². The van der Waals surface area contributed by atoms with Gasteiger partial charge in [-0.15, -0.1) is 0 Å². The van der Waals surface area contributed by atoms with Crippen molar-refractivity contribution in [1.29, 1.82) is 0 Å². The summed E-state index contributed by atoms with van der Waals surface area (Å²) in [6.45, 7) is 0. The molecule has 0 spiro atoms. The molecule has 0 saturated carbocycles. The predicted octanol–water partition coefficient (Wildman–Crippen LogP) is 0.525. The molecule has 0 aliphatic heterocycles. The molecule has 1 aromatic heterocycles. The normalized spacial score (nSPS) is 10.0. The van der Waals surface area contributed by atoms with Gasteiger partial charge in [0.25, 0.3) is 10.1 Å². The van der Waals surface area contributed by atoms with Gasteiger partial charge in [-0.2, -0.15) is 8.42 Å². The first-order valence-electron chi connectivity index (χ1n) is 3.33. The number of anilines is 1. The molecular weight excluding hydrogens is 230 g/mol. The molecule has 1 heterocycles. The van der Waals surface area contributed by atoms with Crippen LogP contribution in [0.25, 0.3) is 0 Å². The topological polar surface area (TPSA) is 105 Å². The number of aromatic nitrogens is 1. The molecule has 0 aliphatic rings. The fourth-order valence-corrected chi connectivity index (χ4v) is 0.573. The fraction of sp³-hybridized carbons (Fsp3) is 0.167. The molecule has 0 aliphatic carbocycles. The van der Waals surface area contributed by atoms with Gasteiger partial charge in [-0.1, -0.05) is 11.6 Å². The Morgan fingerprint density at radius 2 is 2.07 bits per heavy atom. The van der Waals surface area contributed by atoms with E-state index in [2.05, 4.69) is 10.4 Å². The molecule has 6 nitrogen and oxygen atoms in total. The number of nitrogens with two attached hydrogens (primary N) is 1. The summed E-state index contributed by atoms with van der Waals surface area (Å²) >= 11 is 5.54. The number of pyridine rings is 1. The van der Waals surface area contributed by atoms with Gasteiger partial charge in [-0.25, -0.2) is 10.8 Å². The van der Waals surface area contributed by atoms with Crippen LogP contribution in [0.5, 0.6) is 0 Å². The van der Waals surface area contributed by atoms with E-state index in [-0.39, 0.29) is 0 Å². The maximum Gasteiger partial charge on any atom is 0.261 e. The molecule has 14 heavy (non-hydrogen) atoms. The third-order valence-electron chi connectivity index (χ3n) is 0.875. The molecule has 4 N–H and O–H groups in total. The van der Waals surface area contributed by atoms with Crippen molar-refractivity contribution in [2.75, 3.05) is 11.7 Å². The number of hydrogen-bond donors (Lipinski definition) is 3. The van der Waals surface area contributed by atoms with E-state index in [0.29, 0.717) is 17.1 Å². The van der Waals surface area contributed by atoms with Crippen molar-refractivity contribution >= 4 is 27.5 Å². The van der Waals surface area contributed by atoms with E-state index in [4.69, 9.17) is 22.0 Å². The summed E-state index contributed by atoms with van der Waals surface area (Å²) in [4.78, 5) is 3.83. The average Bonchev–Trinajstić information content (AvgIpc) is 2.03. The van der Waals surface area contributed by atoms with Gasteiger partial charge in [0.15, 0.2) is 0 Å². The van der Waals surface area contributed by atoms with Gasteiger partial charge in [0.2, 0.25) is 0 Å². The van der Waals surface area contributed by atoms with Gasteiger partial charge in [0.1, 0.15) is 5.82 Å². The molecule has 1 rings (SSSR count). The first kappa shape index (κ1) is 13.1. The van der Waals surface area contributed by atoms with Crippen molar-refractivity contribution in [3.63, 3.8) is 0 Å². The van der Waals surface area contributed by atoms with E-state index >= 15 is 0 Å². The highest BCUT2D eigenvalue weighted by Crippen LogP contribution is 2.07. The van der Waals surface area contributed by atoms with Gasteiger partial charge in [0.05, 0.1) is 11.3 Å². The Morgan fingerprint density at radius 1 is 1.57 bits per heavy atom. The number of nitrogens with zero attached hydrogens (tertiary/aromatic N) is 1. The fourth-order valence-electron chi connectivity index (χ4n) is 0.461. The van der Waals surface area contributed by atoms with Crippen LogP contribution in [-0.2, 0) is 10.1 Å². The molecule has 0 aromatic carbocycles. The van der Waals surface area contributed by atoms with Gasteiger partial charge in [-0.3, -0.25) is 4.55 Å². The number of halogens is 1. The zero-order valence-electron chi connectivity index (χ0n) is 7.31. The smallest absolute Gasteiger partial charge is 0.261 e. The SMILES string of the molecule is CS(=O)(=O)O.NNc1ccc(Cl)cn1. The van der Waals surface area contributed by atoms with Crippen molar-refractivity contribution in [2.24, 2.45) is 5.84 Å². The van der Waals surface area contributed by atoms with Gasteiger partial charge < -0.3 is 5.43 Å². The maximum atomic E-state index is 9.19. The second kappa shape index (κ2) is 5.76. The largest absolute Gasteiger partial charge is 0.308 e. The summed E-state index contributed by atoms with van der Waals surface area (Å²) in [6, 6.07) is 3.41. The summed E-state index contributed by atoms with van der Waals surface area (Å²) in [6.07, 6.45) is 2.24. The molecule has 1 aromatic rings. The predicted molar refractivity (Wildman–Crippen MR) is 54.5 cm³/mol. The molecule has 0 fully saturated rings. The Kier molecular flexibility index (Phi) is 5.39. The van der Waals surface area contributed by atoms with Crippen molar-refractivity contribution in [3.8, 4) is 0 Å². The molecule has 0 unspecified atom stereocenters. The number of nitrogen functional groups attached to an aromatic ring is 1. The second-order valence-electron chi connectivity index (χ2n) is 2.24. The molecular formula is C6H10ClN3O3S. The number of rotatable bonds is 1. The lowest BCUT2D eigenvalue weighted by atomic mass is 10.5. The van der Waals surface area contributed by atoms with Crippen LogP contribution >= 0.6 is 11.6 Å². The number of hydrazine groups is 1. The first-order chi connectivity index (χ1) is 6.33. The van der Waals surface area contributed by atoms with Crippen LogP contribution in [0.15, 0.2) is 18.3 Å². The van der Waals surface area contributed by atoms with E-state index in [9.17, 15) is 8.42 Å². The van der Waals surface area contributed by atoms with Crippen LogP contribution in [0.2, 0.25) is 5.02 Å². The standard InChI is InChI=1S/C5H6ClN3.CH4O3S/c6-4-1-2-5(9-7)8-3-4;1-5(2,3)4/h1-3H,7H2,(H,8,9);1H3,(H,2,3,4).